The molecule has 0 spiro atoms. The third-order valence-electron chi connectivity index (χ3n) is 7.29. The van der Waals surface area contributed by atoms with Gasteiger partial charge in [0.25, 0.3) is 0 Å². The molecule has 3 heterocycles. The molecule has 0 atom stereocenters. The van der Waals surface area contributed by atoms with Crippen LogP contribution in [0.4, 0.5) is 0 Å². The van der Waals surface area contributed by atoms with Crippen molar-refractivity contribution in [3.63, 3.8) is 0 Å². The standard InChI is InChI=1S/C25H47NO4/c27-21-11-7-3-1-5-9-13-23(14-10-6-2-4-8-12-22-28)30-24(29)25-15-18-26(19-16-25)20-17-25/h23,27-28H,1-22H2. The van der Waals surface area contributed by atoms with Gasteiger partial charge in [-0.25, -0.2) is 0 Å². The number of fused-ring (bicyclic) bond motifs is 3. The van der Waals surface area contributed by atoms with Gasteiger partial charge in [0.05, 0.1) is 5.41 Å². The molecule has 5 nitrogen and oxygen atoms in total. The monoisotopic (exact) mass is 425 g/mol. The predicted molar refractivity (Wildman–Crippen MR) is 121 cm³/mol. The van der Waals surface area contributed by atoms with Gasteiger partial charge >= 0.3 is 5.97 Å². The third kappa shape index (κ3) is 9.23. The number of esters is 1. The van der Waals surface area contributed by atoms with Crippen LogP contribution in [0.25, 0.3) is 0 Å². The highest BCUT2D eigenvalue weighted by atomic mass is 16.5. The van der Waals surface area contributed by atoms with Crippen molar-refractivity contribution in [2.45, 2.75) is 115 Å². The Balaban J connectivity index is 1.71. The molecule has 0 amide bonds. The van der Waals surface area contributed by atoms with E-state index >= 15 is 0 Å². The first kappa shape index (κ1) is 25.6. The van der Waals surface area contributed by atoms with Crippen LogP contribution in [-0.4, -0.2) is 60.0 Å². The maximum Gasteiger partial charge on any atom is 0.312 e. The molecule has 2 bridgehead atoms. The number of carbonyl (C=O) groups excluding carboxylic acids is 1. The van der Waals surface area contributed by atoms with Gasteiger partial charge in [-0.2, -0.15) is 0 Å². The van der Waals surface area contributed by atoms with E-state index in [1.54, 1.807) is 0 Å². The van der Waals surface area contributed by atoms with Gasteiger partial charge in [-0.1, -0.05) is 51.4 Å². The van der Waals surface area contributed by atoms with Crippen molar-refractivity contribution in [2.24, 2.45) is 5.41 Å². The topological polar surface area (TPSA) is 70.0 Å². The molecular weight excluding hydrogens is 378 g/mol. The molecule has 3 rings (SSSR count). The number of ether oxygens (including phenoxy) is 1. The van der Waals surface area contributed by atoms with Crippen LogP contribution in [0.5, 0.6) is 0 Å². The smallest absolute Gasteiger partial charge is 0.312 e. The van der Waals surface area contributed by atoms with Crippen molar-refractivity contribution in [1.29, 1.82) is 0 Å². The minimum absolute atomic E-state index is 0.0849. The lowest BCUT2D eigenvalue weighted by molar-refractivity contribution is -0.170. The number of aliphatic hydroxyl groups excluding tert-OH is 2. The van der Waals surface area contributed by atoms with Crippen LogP contribution in [0.2, 0.25) is 0 Å². The molecule has 0 aromatic heterocycles. The van der Waals surface area contributed by atoms with E-state index in [4.69, 9.17) is 14.9 Å². The van der Waals surface area contributed by atoms with E-state index in [0.29, 0.717) is 13.2 Å². The fraction of sp³-hybridized carbons (Fsp3) is 0.960. The zero-order valence-electron chi connectivity index (χ0n) is 19.3. The first-order valence-corrected chi connectivity index (χ1v) is 12.9. The first-order valence-electron chi connectivity index (χ1n) is 12.9. The van der Waals surface area contributed by atoms with Crippen molar-refractivity contribution in [3.05, 3.63) is 0 Å². The second kappa shape index (κ2) is 15.2. The second-order valence-electron chi connectivity index (χ2n) is 9.67. The zero-order chi connectivity index (χ0) is 21.5. The maximum absolute atomic E-state index is 13.1. The van der Waals surface area contributed by atoms with Crippen molar-refractivity contribution >= 4 is 5.97 Å². The van der Waals surface area contributed by atoms with Crippen LogP contribution in [0.1, 0.15) is 109 Å². The number of unbranched alkanes of at least 4 members (excludes halogenated alkanes) is 10. The van der Waals surface area contributed by atoms with Crippen LogP contribution in [0.15, 0.2) is 0 Å². The minimum Gasteiger partial charge on any atom is -0.462 e. The van der Waals surface area contributed by atoms with Crippen molar-refractivity contribution in [3.8, 4) is 0 Å². The third-order valence-corrected chi connectivity index (χ3v) is 7.29. The van der Waals surface area contributed by atoms with Gasteiger partial charge in [0.15, 0.2) is 0 Å². The minimum atomic E-state index is -0.193. The van der Waals surface area contributed by atoms with Gasteiger partial charge < -0.3 is 19.8 Å². The van der Waals surface area contributed by atoms with Crippen LogP contribution >= 0.6 is 0 Å². The lowest BCUT2D eigenvalue weighted by Gasteiger charge is -2.46. The summed E-state index contributed by atoms with van der Waals surface area (Å²) in [5.74, 6) is 0.0951. The van der Waals surface area contributed by atoms with Gasteiger partial charge in [0.2, 0.25) is 0 Å². The molecule has 3 saturated heterocycles. The van der Waals surface area contributed by atoms with Crippen molar-refractivity contribution < 1.29 is 19.7 Å². The van der Waals surface area contributed by atoms with E-state index in [1.807, 2.05) is 0 Å². The van der Waals surface area contributed by atoms with Gasteiger partial charge in [-0.3, -0.25) is 4.79 Å². The summed E-state index contributed by atoms with van der Waals surface area (Å²) < 4.78 is 6.18. The van der Waals surface area contributed by atoms with Crippen LogP contribution in [0.3, 0.4) is 0 Å². The van der Waals surface area contributed by atoms with Crippen molar-refractivity contribution in [1.82, 2.24) is 4.90 Å². The quantitative estimate of drug-likeness (QED) is 0.243. The Morgan fingerprint density at radius 2 is 1.10 bits per heavy atom. The molecule has 0 radical (unpaired) electrons. The van der Waals surface area contributed by atoms with E-state index in [2.05, 4.69) is 4.90 Å². The van der Waals surface area contributed by atoms with Crippen molar-refractivity contribution in [2.75, 3.05) is 32.8 Å². The summed E-state index contributed by atoms with van der Waals surface area (Å²) in [5, 5.41) is 17.8. The number of aliphatic hydroxyl groups is 2. The molecule has 3 aliphatic heterocycles. The van der Waals surface area contributed by atoms with Crippen LogP contribution in [0, 0.1) is 5.41 Å². The average Bonchev–Trinajstić information content (AvgIpc) is 2.78. The number of hydrogen-bond acceptors (Lipinski definition) is 5. The predicted octanol–water partition coefficient (Wildman–Crippen LogP) is 4.83. The van der Waals surface area contributed by atoms with E-state index in [1.165, 1.54) is 38.5 Å². The normalized spacial score (nSPS) is 23.2. The molecule has 176 valence electrons. The molecule has 3 aliphatic rings. The SMILES string of the molecule is O=C(OC(CCCCCCCCO)CCCCCCCCO)C12CCN(CC1)CC2. The molecule has 0 saturated carbocycles. The van der Waals surface area contributed by atoms with E-state index in [9.17, 15) is 4.79 Å². The summed E-state index contributed by atoms with van der Waals surface area (Å²) in [6.07, 6.45) is 18.6. The summed E-state index contributed by atoms with van der Waals surface area (Å²) in [6.45, 7) is 3.78. The number of hydrogen-bond donors (Lipinski definition) is 2. The zero-order valence-corrected chi connectivity index (χ0v) is 19.3. The molecule has 3 fully saturated rings. The van der Waals surface area contributed by atoms with E-state index < -0.39 is 0 Å². The molecule has 0 aromatic rings. The summed E-state index contributed by atoms with van der Waals surface area (Å²) in [5.41, 5.74) is -0.193. The Bertz CT molecular complexity index is 417. The summed E-state index contributed by atoms with van der Waals surface area (Å²) in [4.78, 5) is 15.6. The second-order valence-corrected chi connectivity index (χ2v) is 9.67. The highest BCUT2D eigenvalue weighted by molar-refractivity contribution is 5.77. The highest BCUT2D eigenvalue weighted by Gasteiger charge is 2.46. The lowest BCUT2D eigenvalue weighted by Crippen LogP contribution is -2.52. The summed E-state index contributed by atoms with van der Waals surface area (Å²) in [7, 11) is 0. The van der Waals surface area contributed by atoms with Gasteiger partial charge in [0.1, 0.15) is 6.10 Å². The maximum atomic E-state index is 13.1. The van der Waals surface area contributed by atoms with Gasteiger partial charge in [-0.15, -0.1) is 0 Å². The number of piperidine rings is 3. The fourth-order valence-corrected chi connectivity index (χ4v) is 5.05. The van der Waals surface area contributed by atoms with Crippen LogP contribution < -0.4 is 0 Å². The molecule has 0 aliphatic carbocycles. The molecular formula is C25H47NO4. The van der Waals surface area contributed by atoms with Gasteiger partial charge in [-0.05, 0) is 77.4 Å². The van der Waals surface area contributed by atoms with Gasteiger partial charge in [0, 0.05) is 13.2 Å². The molecule has 5 heteroatoms. The van der Waals surface area contributed by atoms with Crippen LogP contribution in [-0.2, 0) is 9.53 Å². The lowest BCUT2D eigenvalue weighted by atomic mass is 9.72. The average molecular weight is 426 g/mol. The highest BCUT2D eigenvalue weighted by Crippen LogP contribution is 2.41. The first-order chi connectivity index (χ1) is 14.7. The van der Waals surface area contributed by atoms with E-state index in [0.717, 1.165) is 90.3 Å². The molecule has 0 unspecified atom stereocenters. The Kier molecular flexibility index (Phi) is 13.0. The molecule has 0 aromatic carbocycles. The number of rotatable bonds is 18. The molecule has 30 heavy (non-hydrogen) atoms. The van der Waals surface area contributed by atoms with E-state index in [-0.39, 0.29) is 17.5 Å². The number of carbonyl (C=O) groups is 1. The summed E-state index contributed by atoms with van der Waals surface area (Å²) in [6, 6.07) is 0. The number of nitrogens with zero attached hydrogens (tertiary/aromatic N) is 1. The summed E-state index contributed by atoms with van der Waals surface area (Å²) >= 11 is 0. The molecule has 2 N–H and O–H groups in total. The Morgan fingerprint density at radius 1 is 0.700 bits per heavy atom. The Labute approximate surface area is 184 Å². The largest absolute Gasteiger partial charge is 0.462 e. The Morgan fingerprint density at radius 3 is 1.53 bits per heavy atom. The fourth-order valence-electron chi connectivity index (χ4n) is 5.05. The Hall–Kier alpha value is -0.650.